The van der Waals surface area contributed by atoms with Crippen LogP contribution in [0.25, 0.3) is 0 Å². The van der Waals surface area contributed by atoms with Crippen molar-refractivity contribution in [2.24, 2.45) is 0 Å². The van der Waals surface area contributed by atoms with Crippen LogP contribution in [0.1, 0.15) is 10.5 Å². The normalized spacial score (nSPS) is 10.0. The van der Waals surface area contributed by atoms with Gasteiger partial charge in [0.2, 0.25) is 0 Å². The van der Waals surface area contributed by atoms with Gasteiger partial charge < -0.3 is 15.0 Å². The van der Waals surface area contributed by atoms with Crippen molar-refractivity contribution in [3.05, 3.63) is 56.0 Å². The monoisotopic (exact) mass is 324 g/mol. The maximum Gasteiger partial charge on any atom is 0.355 e. The van der Waals surface area contributed by atoms with Crippen molar-refractivity contribution in [1.82, 2.24) is 15.0 Å². The molecule has 114 valence electrons. The lowest BCUT2D eigenvalue weighted by Gasteiger charge is -2.05. The summed E-state index contributed by atoms with van der Waals surface area (Å²) in [6.07, 6.45) is 1.34. The van der Waals surface area contributed by atoms with Crippen LogP contribution in [-0.2, 0) is 9.53 Å². The third-order valence-electron chi connectivity index (χ3n) is 2.31. The number of ether oxygens (including phenoxy) is 1. The van der Waals surface area contributed by atoms with Gasteiger partial charge in [0.25, 0.3) is 11.5 Å². The molecule has 9 nitrogen and oxygen atoms in total. The average molecular weight is 325 g/mol. The summed E-state index contributed by atoms with van der Waals surface area (Å²) < 4.78 is 4.67. The first kappa shape index (κ1) is 15.4. The fourth-order valence-electron chi connectivity index (χ4n) is 1.42. The van der Waals surface area contributed by atoms with Crippen molar-refractivity contribution in [3.8, 4) is 0 Å². The number of pyridine rings is 1. The third-order valence-corrected chi connectivity index (χ3v) is 2.53. The molecule has 0 saturated heterocycles. The van der Waals surface area contributed by atoms with Crippen LogP contribution in [0.3, 0.4) is 0 Å². The molecule has 0 spiro atoms. The van der Waals surface area contributed by atoms with Gasteiger partial charge in [-0.1, -0.05) is 11.6 Å². The third kappa shape index (κ3) is 4.28. The summed E-state index contributed by atoms with van der Waals surface area (Å²) in [4.78, 5) is 53.0. The number of aromatic amines is 2. The fourth-order valence-corrected chi connectivity index (χ4v) is 1.53. The molecule has 3 N–H and O–H groups in total. The number of carbonyl (C=O) groups is 2. The van der Waals surface area contributed by atoms with Gasteiger partial charge in [-0.15, -0.1) is 0 Å². The average Bonchev–Trinajstić information content (AvgIpc) is 2.46. The van der Waals surface area contributed by atoms with Crippen molar-refractivity contribution >= 4 is 29.3 Å². The van der Waals surface area contributed by atoms with E-state index in [9.17, 15) is 19.2 Å². The smallest absolute Gasteiger partial charge is 0.355 e. The standard InChI is InChI=1S/C12H9ClN4O5/c13-6-1-2-8(14-4-6)16-10(19)5-22-11(20)7-3-9(18)17-12(21)15-7/h1-4H,5H2,(H,14,16,19)(H2,15,17,18,21). The molecule has 10 heteroatoms. The number of amides is 1. The first-order chi connectivity index (χ1) is 10.4. The van der Waals surface area contributed by atoms with Crippen LogP contribution in [0.15, 0.2) is 34.0 Å². The number of nitrogens with zero attached hydrogens (tertiary/aromatic N) is 1. The first-order valence-electron chi connectivity index (χ1n) is 5.86. The Labute approximate surface area is 127 Å². The summed E-state index contributed by atoms with van der Waals surface area (Å²) >= 11 is 5.64. The highest BCUT2D eigenvalue weighted by Gasteiger charge is 2.12. The van der Waals surface area contributed by atoms with E-state index in [0.717, 1.165) is 6.07 Å². The molecule has 0 atom stereocenters. The number of halogens is 1. The van der Waals surface area contributed by atoms with Gasteiger partial charge >= 0.3 is 11.7 Å². The quantitative estimate of drug-likeness (QED) is 0.673. The van der Waals surface area contributed by atoms with Gasteiger partial charge in [0.15, 0.2) is 6.61 Å². The summed E-state index contributed by atoms with van der Waals surface area (Å²) in [6, 6.07) is 3.84. The first-order valence-corrected chi connectivity index (χ1v) is 6.24. The number of rotatable bonds is 4. The van der Waals surface area contributed by atoms with Gasteiger partial charge in [-0.05, 0) is 12.1 Å². The van der Waals surface area contributed by atoms with Crippen LogP contribution in [0.2, 0.25) is 5.02 Å². The Morgan fingerprint density at radius 2 is 2.05 bits per heavy atom. The number of H-pyrrole nitrogens is 2. The number of hydrogen-bond acceptors (Lipinski definition) is 6. The zero-order valence-electron chi connectivity index (χ0n) is 10.9. The van der Waals surface area contributed by atoms with Gasteiger partial charge in [-0.3, -0.25) is 14.6 Å². The largest absolute Gasteiger partial charge is 0.451 e. The fraction of sp³-hybridized carbons (Fsp3) is 0.0833. The van der Waals surface area contributed by atoms with Crippen LogP contribution in [0.5, 0.6) is 0 Å². The molecule has 22 heavy (non-hydrogen) atoms. The molecule has 0 bridgehead atoms. The van der Waals surface area contributed by atoms with Crippen molar-refractivity contribution in [3.63, 3.8) is 0 Å². The van der Waals surface area contributed by atoms with Crippen molar-refractivity contribution in [1.29, 1.82) is 0 Å². The van der Waals surface area contributed by atoms with Gasteiger partial charge in [-0.2, -0.15) is 0 Å². The summed E-state index contributed by atoms with van der Waals surface area (Å²) in [7, 11) is 0. The summed E-state index contributed by atoms with van der Waals surface area (Å²) in [5, 5.41) is 2.78. The Hall–Kier alpha value is -2.94. The SMILES string of the molecule is O=C(COC(=O)c1cc(=O)[nH]c(=O)[nH]1)Nc1ccc(Cl)cn1. The predicted octanol–water partition coefficient (Wildman–Crippen LogP) is -0.0929. The van der Waals surface area contributed by atoms with E-state index >= 15 is 0 Å². The van der Waals surface area contributed by atoms with Gasteiger partial charge in [-0.25, -0.2) is 14.6 Å². The number of aromatic nitrogens is 3. The van der Waals surface area contributed by atoms with Crippen molar-refractivity contribution in [2.75, 3.05) is 11.9 Å². The van der Waals surface area contributed by atoms with Crippen molar-refractivity contribution < 1.29 is 14.3 Å². The molecule has 2 rings (SSSR count). The van der Waals surface area contributed by atoms with Crippen molar-refractivity contribution in [2.45, 2.75) is 0 Å². The number of anilines is 1. The van der Waals surface area contributed by atoms with E-state index in [0.29, 0.717) is 5.02 Å². The minimum Gasteiger partial charge on any atom is -0.451 e. The lowest BCUT2D eigenvalue weighted by Crippen LogP contribution is -2.27. The lowest BCUT2D eigenvalue weighted by molar-refractivity contribution is -0.119. The van der Waals surface area contributed by atoms with E-state index in [2.05, 4.69) is 20.0 Å². The summed E-state index contributed by atoms with van der Waals surface area (Å²) in [5.41, 5.74) is -1.97. The molecular weight excluding hydrogens is 316 g/mol. The second-order valence-corrected chi connectivity index (χ2v) is 4.42. The lowest BCUT2D eigenvalue weighted by atomic mass is 10.4. The molecule has 0 unspecified atom stereocenters. The highest BCUT2D eigenvalue weighted by atomic mass is 35.5. The maximum atomic E-state index is 11.6. The number of nitrogens with one attached hydrogen (secondary N) is 3. The zero-order chi connectivity index (χ0) is 16.1. The van der Waals surface area contributed by atoms with Crippen LogP contribution in [-0.4, -0.2) is 33.4 Å². The van der Waals surface area contributed by atoms with Crippen LogP contribution in [0, 0.1) is 0 Å². The summed E-state index contributed by atoms with van der Waals surface area (Å²) in [5.74, 6) is -1.42. The molecule has 2 aromatic rings. The highest BCUT2D eigenvalue weighted by Crippen LogP contribution is 2.09. The topological polar surface area (TPSA) is 134 Å². The van der Waals surface area contributed by atoms with E-state index in [1.807, 2.05) is 4.98 Å². The Morgan fingerprint density at radius 3 is 2.68 bits per heavy atom. The number of esters is 1. The number of hydrogen-bond donors (Lipinski definition) is 3. The van der Waals surface area contributed by atoms with Crippen LogP contribution in [0.4, 0.5) is 5.82 Å². The Morgan fingerprint density at radius 1 is 1.27 bits per heavy atom. The maximum absolute atomic E-state index is 11.6. The molecule has 0 aromatic carbocycles. The minimum absolute atomic E-state index is 0.231. The van der Waals surface area contributed by atoms with Gasteiger partial charge in [0.05, 0.1) is 5.02 Å². The Kier molecular flexibility index (Phi) is 4.69. The van der Waals surface area contributed by atoms with Gasteiger partial charge in [0, 0.05) is 12.3 Å². The van der Waals surface area contributed by atoms with Crippen LogP contribution < -0.4 is 16.6 Å². The highest BCUT2D eigenvalue weighted by molar-refractivity contribution is 6.30. The molecule has 2 aromatic heterocycles. The molecule has 0 radical (unpaired) electrons. The molecule has 0 fully saturated rings. The van der Waals surface area contributed by atoms with E-state index in [1.165, 1.54) is 18.3 Å². The molecule has 0 aliphatic heterocycles. The zero-order valence-corrected chi connectivity index (χ0v) is 11.6. The molecule has 0 aliphatic rings. The van der Waals surface area contributed by atoms with E-state index < -0.39 is 29.7 Å². The second kappa shape index (κ2) is 6.68. The predicted molar refractivity (Wildman–Crippen MR) is 75.8 cm³/mol. The second-order valence-electron chi connectivity index (χ2n) is 3.99. The Balaban J connectivity index is 1.93. The molecule has 0 aliphatic carbocycles. The minimum atomic E-state index is -1.01. The van der Waals surface area contributed by atoms with E-state index in [4.69, 9.17) is 11.6 Å². The molecular formula is C12H9ClN4O5. The number of carbonyl (C=O) groups excluding carboxylic acids is 2. The summed E-state index contributed by atoms with van der Waals surface area (Å²) in [6.45, 7) is -0.613. The Bertz CT molecular complexity index is 783. The molecule has 1 amide bonds. The van der Waals surface area contributed by atoms with E-state index in [-0.39, 0.29) is 11.5 Å². The van der Waals surface area contributed by atoms with Gasteiger partial charge in [0.1, 0.15) is 11.5 Å². The molecule has 0 saturated carbocycles. The van der Waals surface area contributed by atoms with E-state index in [1.54, 1.807) is 0 Å². The van der Waals surface area contributed by atoms with Crippen LogP contribution >= 0.6 is 11.6 Å². The molecule has 2 heterocycles.